The van der Waals surface area contributed by atoms with Crippen molar-refractivity contribution in [3.63, 3.8) is 0 Å². The van der Waals surface area contributed by atoms with Crippen molar-refractivity contribution < 1.29 is 23.6 Å². The molecule has 9 heteroatoms. The SMILES string of the molecule is O=C(Nc1ccc(Cl)c([N+](=O)[O-])c1)[C@H](OC(=O)C1(c2ccc(F)cc2)CCCC1)c1ccccc1. The van der Waals surface area contributed by atoms with Crippen LogP contribution in [0.25, 0.3) is 0 Å². The lowest BCUT2D eigenvalue weighted by atomic mass is 9.79. The van der Waals surface area contributed by atoms with E-state index in [2.05, 4.69) is 5.32 Å². The highest BCUT2D eigenvalue weighted by Gasteiger charge is 2.46. The number of halogens is 2. The van der Waals surface area contributed by atoms with E-state index in [9.17, 15) is 24.1 Å². The van der Waals surface area contributed by atoms with Crippen LogP contribution in [0.2, 0.25) is 5.02 Å². The van der Waals surface area contributed by atoms with Gasteiger partial charge in [0.1, 0.15) is 10.8 Å². The van der Waals surface area contributed by atoms with Crippen LogP contribution in [0.15, 0.2) is 72.8 Å². The third-order valence-electron chi connectivity index (χ3n) is 6.22. The summed E-state index contributed by atoms with van der Waals surface area (Å²) in [4.78, 5) is 37.4. The summed E-state index contributed by atoms with van der Waals surface area (Å²) in [7, 11) is 0. The Bertz CT molecular complexity index is 1240. The molecule has 180 valence electrons. The maximum absolute atomic E-state index is 13.6. The van der Waals surface area contributed by atoms with Gasteiger partial charge >= 0.3 is 5.97 Å². The summed E-state index contributed by atoms with van der Waals surface area (Å²) in [5.41, 5.74) is -0.132. The van der Waals surface area contributed by atoms with E-state index in [1.54, 1.807) is 42.5 Å². The van der Waals surface area contributed by atoms with Gasteiger partial charge in [0.2, 0.25) is 6.10 Å². The van der Waals surface area contributed by atoms with Crippen LogP contribution in [0.3, 0.4) is 0 Å². The lowest BCUT2D eigenvalue weighted by molar-refractivity contribution is -0.384. The number of nitro groups is 1. The molecule has 1 atom stereocenters. The molecule has 1 amide bonds. The van der Waals surface area contributed by atoms with E-state index >= 15 is 0 Å². The van der Waals surface area contributed by atoms with Gasteiger partial charge in [-0.15, -0.1) is 0 Å². The van der Waals surface area contributed by atoms with E-state index in [4.69, 9.17) is 16.3 Å². The molecule has 0 saturated heterocycles. The van der Waals surface area contributed by atoms with Gasteiger partial charge in [-0.1, -0.05) is 66.9 Å². The first kappa shape index (κ1) is 24.3. The number of esters is 1. The van der Waals surface area contributed by atoms with Crippen molar-refractivity contribution in [3.05, 3.63) is 105 Å². The number of carbonyl (C=O) groups excluding carboxylic acids is 2. The molecule has 0 aromatic heterocycles. The van der Waals surface area contributed by atoms with Gasteiger partial charge in [-0.05, 0) is 42.7 Å². The van der Waals surface area contributed by atoms with Crippen LogP contribution in [0.5, 0.6) is 0 Å². The molecule has 7 nitrogen and oxygen atoms in total. The van der Waals surface area contributed by atoms with Gasteiger partial charge < -0.3 is 10.1 Å². The molecule has 35 heavy (non-hydrogen) atoms. The zero-order chi connectivity index (χ0) is 25.0. The highest BCUT2D eigenvalue weighted by Crippen LogP contribution is 2.43. The number of benzene rings is 3. The van der Waals surface area contributed by atoms with Crippen molar-refractivity contribution in [1.82, 2.24) is 0 Å². The molecule has 1 aliphatic carbocycles. The van der Waals surface area contributed by atoms with E-state index in [0.29, 0.717) is 24.0 Å². The number of hydrogen-bond donors (Lipinski definition) is 1. The summed E-state index contributed by atoms with van der Waals surface area (Å²) in [6.07, 6.45) is 1.32. The topological polar surface area (TPSA) is 98.5 Å². The van der Waals surface area contributed by atoms with Gasteiger partial charge in [-0.25, -0.2) is 4.39 Å². The van der Waals surface area contributed by atoms with Crippen molar-refractivity contribution in [2.24, 2.45) is 0 Å². The molecule has 1 N–H and O–H groups in total. The van der Waals surface area contributed by atoms with Crippen LogP contribution in [0.1, 0.15) is 42.9 Å². The predicted octanol–water partition coefficient (Wildman–Crippen LogP) is 6.12. The second kappa shape index (κ2) is 10.2. The van der Waals surface area contributed by atoms with Crippen molar-refractivity contribution >= 4 is 34.9 Å². The Balaban J connectivity index is 1.64. The van der Waals surface area contributed by atoms with Gasteiger partial charge in [0, 0.05) is 17.3 Å². The van der Waals surface area contributed by atoms with Crippen molar-refractivity contribution in [1.29, 1.82) is 0 Å². The summed E-state index contributed by atoms with van der Waals surface area (Å²) in [5.74, 6) is -1.66. The smallest absolute Gasteiger partial charge is 0.317 e. The number of ether oxygens (including phenoxy) is 1. The molecule has 0 unspecified atom stereocenters. The first-order valence-electron chi connectivity index (χ1n) is 11.1. The Morgan fingerprint density at radius 2 is 1.69 bits per heavy atom. The molecule has 3 aromatic rings. The molecule has 0 radical (unpaired) electrons. The highest BCUT2D eigenvalue weighted by molar-refractivity contribution is 6.32. The van der Waals surface area contributed by atoms with Crippen molar-refractivity contribution in [2.45, 2.75) is 37.2 Å². The number of carbonyl (C=O) groups is 2. The van der Waals surface area contributed by atoms with Gasteiger partial charge in [0.15, 0.2) is 0 Å². The maximum atomic E-state index is 13.6. The zero-order valence-corrected chi connectivity index (χ0v) is 19.3. The minimum Gasteiger partial charge on any atom is -0.447 e. The van der Waals surface area contributed by atoms with Gasteiger partial charge in [0.25, 0.3) is 11.6 Å². The Hall–Kier alpha value is -3.78. The van der Waals surface area contributed by atoms with E-state index in [1.807, 2.05) is 0 Å². The van der Waals surface area contributed by atoms with Crippen molar-refractivity contribution in [2.75, 3.05) is 5.32 Å². The molecule has 3 aromatic carbocycles. The quantitative estimate of drug-likeness (QED) is 0.241. The normalized spacial score (nSPS) is 15.3. The average Bonchev–Trinajstić information content (AvgIpc) is 3.35. The second-order valence-corrected chi connectivity index (χ2v) is 8.81. The first-order chi connectivity index (χ1) is 16.8. The van der Waals surface area contributed by atoms with E-state index in [1.165, 1.54) is 24.3 Å². The summed E-state index contributed by atoms with van der Waals surface area (Å²) < 4.78 is 19.4. The van der Waals surface area contributed by atoms with Gasteiger partial charge in [0.05, 0.1) is 10.3 Å². The number of nitrogens with zero attached hydrogens (tertiary/aromatic N) is 1. The van der Waals surface area contributed by atoms with Crippen LogP contribution in [0, 0.1) is 15.9 Å². The van der Waals surface area contributed by atoms with Crippen LogP contribution >= 0.6 is 11.6 Å². The number of anilines is 1. The van der Waals surface area contributed by atoms with Crippen LogP contribution < -0.4 is 5.32 Å². The fourth-order valence-electron chi connectivity index (χ4n) is 4.42. The molecule has 4 rings (SSSR count). The Labute approximate surface area is 206 Å². The predicted molar refractivity (Wildman–Crippen MR) is 129 cm³/mol. The first-order valence-corrected chi connectivity index (χ1v) is 11.4. The molecule has 0 aliphatic heterocycles. The fourth-order valence-corrected chi connectivity index (χ4v) is 4.60. The molecule has 0 bridgehead atoms. The number of nitro benzene ring substituents is 1. The number of amides is 1. The van der Waals surface area contributed by atoms with Gasteiger partial charge in [-0.2, -0.15) is 0 Å². The van der Waals surface area contributed by atoms with Crippen molar-refractivity contribution in [3.8, 4) is 0 Å². The molecule has 0 heterocycles. The maximum Gasteiger partial charge on any atom is 0.317 e. The molecule has 1 fully saturated rings. The molecular formula is C26H22ClFN2O5. The molecule has 0 spiro atoms. The van der Waals surface area contributed by atoms with E-state index in [0.717, 1.165) is 18.9 Å². The molecule has 1 saturated carbocycles. The standard InChI is InChI=1S/C26H22ClFN2O5/c27-21-13-12-20(16-22(21)30(33)34)29-24(31)23(17-6-2-1-3-7-17)35-25(32)26(14-4-5-15-26)18-8-10-19(28)11-9-18/h1-3,6-13,16,23H,4-5,14-15H2,(H,29,31)/t23-/m1/s1. The highest BCUT2D eigenvalue weighted by atomic mass is 35.5. The third-order valence-corrected chi connectivity index (χ3v) is 6.54. The fraction of sp³-hybridized carbons (Fsp3) is 0.231. The van der Waals surface area contributed by atoms with Crippen LogP contribution in [-0.4, -0.2) is 16.8 Å². The van der Waals surface area contributed by atoms with Crippen LogP contribution in [0.4, 0.5) is 15.8 Å². The summed E-state index contributed by atoms with van der Waals surface area (Å²) >= 11 is 5.86. The number of rotatable bonds is 7. The minimum absolute atomic E-state index is 0.0680. The number of nitrogens with one attached hydrogen (secondary N) is 1. The van der Waals surface area contributed by atoms with E-state index < -0.39 is 34.1 Å². The Morgan fingerprint density at radius 1 is 1.03 bits per heavy atom. The Morgan fingerprint density at radius 3 is 2.31 bits per heavy atom. The lowest BCUT2D eigenvalue weighted by Gasteiger charge is -2.29. The number of hydrogen-bond acceptors (Lipinski definition) is 5. The monoisotopic (exact) mass is 496 g/mol. The zero-order valence-electron chi connectivity index (χ0n) is 18.6. The summed E-state index contributed by atoms with van der Waals surface area (Å²) in [6, 6.07) is 18.1. The average molecular weight is 497 g/mol. The Kier molecular flexibility index (Phi) is 7.12. The molecular weight excluding hydrogens is 475 g/mol. The largest absolute Gasteiger partial charge is 0.447 e. The second-order valence-electron chi connectivity index (χ2n) is 8.40. The van der Waals surface area contributed by atoms with Gasteiger partial charge in [-0.3, -0.25) is 19.7 Å². The minimum atomic E-state index is -1.31. The van der Waals surface area contributed by atoms with Crippen LogP contribution in [-0.2, 0) is 19.7 Å². The lowest BCUT2D eigenvalue weighted by Crippen LogP contribution is -2.38. The third kappa shape index (κ3) is 5.17. The summed E-state index contributed by atoms with van der Waals surface area (Å²) in [6.45, 7) is 0. The summed E-state index contributed by atoms with van der Waals surface area (Å²) in [5, 5.41) is 13.7. The molecule has 1 aliphatic rings. The van der Waals surface area contributed by atoms with E-state index in [-0.39, 0.29) is 16.4 Å².